The van der Waals surface area contributed by atoms with E-state index >= 15 is 0 Å². The van der Waals surface area contributed by atoms with Crippen molar-refractivity contribution in [3.05, 3.63) is 132 Å². The molecule has 7 heteroatoms. The van der Waals surface area contributed by atoms with Crippen molar-refractivity contribution in [3.63, 3.8) is 0 Å². The lowest BCUT2D eigenvalue weighted by molar-refractivity contribution is 0.263. The van der Waals surface area contributed by atoms with E-state index in [1.165, 1.54) is 6.26 Å². The Morgan fingerprint density at radius 3 is 1.86 bits per heavy atom. The van der Waals surface area contributed by atoms with E-state index in [-0.39, 0.29) is 6.16 Å². The monoisotopic (exact) mass is 485 g/mol. The van der Waals surface area contributed by atoms with E-state index < -0.39 is 13.1 Å². The largest absolute Gasteiger partial charge is 0.424 e. The van der Waals surface area contributed by atoms with E-state index in [4.69, 9.17) is 14.1 Å². The maximum absolute atomic E-state index is 12.4. The smallest absolute Gasteiger partial charge is 0.378 e. The average Bonchev–Trinajstić information content (AvgIpc) is 3.38. The van der Waals surface area contributed by atoms with Crippen molar-refractivity contribution in [2.45, 2.75) is 19.4 Å². The molecule has 0 aliphatic heterocycles. The highest BCUT2D eigenvalue weighted by atomic mass is 31.2. The minimum Gasteiger partial charge on any atom is -0.424 e. The van der Waals surface area contributed by atoms with Crippen LogP contribution in [0.25, 0.3) is 6.08 Å². The Morgan fingerprint density at radius 2 is 1.40 bits per heavy atom. The van der Waals surface area contributed by atoms with Crippen LogP contribution in [0.1, 0.15) is 36.4 Å². The van der Waals surface area contributed by atoms with Crippen molar-refractivity contribution in [3.8, 4) is 0 Å². The summed E-state index contributed by atoms with van der Waals surface area (Å²) >= 11 is 0. The van der Waals surface area contributed by atoms with E-state index in [1.54, 1.807) is 26.3 Å². The molecule has 1 unspecified atom stereocenters. The van der Waals surface area contributed by atoms with Crippen LogP contribution in [-0.4, -0.2) is 27.5 Å². The van der Waals surface area contributed by atoms with Gasteiger partial charge in [-0.3, -0.25) is 0 Å². The highest BCUT2D eigenvalue weighted by Crippen LogP contribution is 2.47. The zero-order valence-corrected chi connectivity index (χ0v) is 20.7. The second-order valence-electron chi connectivity index (χ2n) is 7.73. The number of hydrogen-bond acceptors (Lipinski definition) is 5. The molecule has 35 heavy (non-hydrogen) atoms. The number of hydrogen-bond donors (Lipinski definition) is 0. The van der Waals surface area contributed by atoms with Crippen LogP contribution in [-0.2, 0) is 19.2 Å². The first kappa shape index (κ1) is 24.4. The lowest BCUT2D eigenvalue weighted by Gasteiger charge is -2.35. The molecule has 6 nitrogen and oxygen atoms in total. The Labute approximate surface area is 206 Å². The fourth-order valence-electron chi connectivity index (χ4n) is 4.05. The topological polar surface area (TPSA) is 66.2 Å². The molecule has 0 bridgehead atoms. The first-order chi connectivity index (χ1) is 17.1. The highest BCUT2D eigenvalue weighted by Gasteiger charge is 2.39. The van der Waals surface area contributed by atoms with Gasteiger partial charge in [-0.15, -0.1) is 5.10 Å². The Bertz CT molecular complexity index is 1230. The van der Waals surface area contributed by atoms with Crippen LogP contribution in [0.5, 0.6) is 0 Å². The summed E-state index contributed by atoms with van der Waals surface area (Å²) in [5.41, 5.74) is 5.29. The first-order valence-electron chi connectivity index (χ1n) is 11.5. The molecule has 1 aromatic heterocycles. The van der Waals surface area contributed by atoms with Gasteiger partial charge in [0.25, 0.3) is 0 Å². The van der Waals surface area contributed by atoms with E-state index in [0.29, 0.717) is 12.4 Å². The molecule has 0 fully saturated rings. The molecule has 0 aliphatic carbocycles. The molecule has 3 aromatic carbocycles. The molecular formula is C28H28N3O3P. The molecule has 0 saturated carbocycles. The van der Waals surface area contributed by atoms with Gasteiger partial charge in [0.15, 0.2) is 5.82 Å². The third-order valence-electron chi connectivity index (χ3n) is 5.63. The summed E-state index contributed by atoms with van der Waals surface area (Å²) in [6.45, 7) is 3.85. The van der Waals surface area contributed by atoms with Gasteiger partial charge in [0.05, 0.1) is 12.8 Å². The van der Waals surface area contributed by atoms with E-state index in [1.807, 2.05) is 59.3 Å². The standard InChI is InChI=1S/C28H28N3O3P/c1-3-33-35(32,4-2)34-22-14-21-27-29-23-31(30-27)28(24-15-8-5-9-16-24,25-17-10-6-11-18-25)26-19-12-7-13-20-26/h5-13,15-23H,3-4H2,1-2H3. The van der Waals surface area contributed by atoms with Crippen LogP contribution in [0, 0.1) is 0 Å². The zero-order chi connectivity index (χ0) is 24.6. The van der Waals surface area contributed by atoms with Crippen LogP contribution in [0.3, 0.4) is 0 Å². The highest BCUT2D eigenvalue weighted by molar-refractivity contribution is 7.53. The third kappa shape index (κ3) is 5.21. The number of nitrogens with zero attached hydrogens (tertiary/aromatic N) is 3. The van der Waals surface area contributed by atoms with Crippen molar-refractivity contribution in [2.24, 2.45) is 0 Å². The van der Waals surface area contributed by atoms with Gasteiger partial charge >= 0.3 is 7.60 Å². The molecule has 0 saturated heterocycles. The van der Waals surface area contributed by atoms with Gasteiger partial charge in [0.1, 0.15) is 18.1 Å². The first-order valence-corrected chi connectivity index (χ1v) is 13.3. The predicted molar refractivity (Wildman–Crippen MR) is 138 cm³/mol. The summed E-state index contributed by atoms with van der Waals surface area (Å²) in [5, 5.41) is 4.81. The second-order valence-corrected chi connectivity index (χ2v) is 10.1. The number of benzene rings is 3. The summed E-state index contributed by atoms with van der Waals surface area (Å²) in [7, 11) is -3.15. The normalized spacial score (nSPS) is 12.9. The van der Waals surface area contributed by atoms with E-state index in [9.17, 15) is 4.57 Å². The number of rotatable bonds is 10. The van der Waals surface area contributed by atoms with Crippen molar-refractivity contribution in [2.75, 3.05) is 12.8 Å². The molecule has 0 spiro atoms. The molecule has 4 rings (SSSR count). The maximum Gasteiger partial charge on any atom is 0.378 e. The van der Waals surface area contributed by atoms with Crippen molar-refractivity contribution < 1.29 is 13.6 Å². The minimum atomic E-state index is -3.15. The van der Waals surface area contributed by atoms with E-state index in [0.717, 1.165) is 16.7 Å². The van der Waals surface area contributed by atoms with Gasteiger partial charge < -0.3 is 9.05 Å². The Balaban J connectivity index is 1.81. The van der Waals surface area contributed by atoms with Crippen LogP contribution in [0.4, 0.5) is 0 Å². The zero-order valence-electron chi connectivity index (χ0n) is 19.8. The fourth-order valence-corrected chi connectivity index (χ4v) is 5.06. The Morgan fingerprint density at radius 1 is 0.886 bits per heavy atom. The van der Waals surface area contributed by atoms with Crippen LogP contribution < -0.4 is 0 Å². The molecule has 0 amide bonds. The summed E-state index contributed by atoms with van der Waals surface area (Å²) in [6, 6.07) is 30.8. The summed E-state index contributed by atoms with van der Waals surface area (Å²) in [6.07, 6.45) is 4.84. The van der Waals surface area contributed by atoms with Gasteiger partial charge in [-0.1, -0.05) is 104 Å². The number of aromatic nitrogens is 3. The molecular weight excluding hydrogens is 457 g/mol. The van der Waals surface area contributed by atoms with Gasteiger partial charge in [-0.2, -0.15) is 0 Å². The predicted octanol–water partition coefficient (Wildman–Crippen LogP) is 6.51. The lowest BCUT2D eigenvalue weighted by Crippen LogP contribution is -2.38. The quantitative estimate of drug-likeness (QED) is 0.111. The summed E-state index contributed by atoms with van der Waals surface area (Å²) in [4.78, 5) is 4.51. The Kier molecular flexibility index (Phi) is 7.79. The third-order valence-corrected chi connectivity index (χ3v) is 7.49. The van der Waals surface area contributed by atoms with Crippen molar-refractivity contribution >= 4 is 13.7 Å². The lowest BCUT2D eigenvalue weighted by atomic mass is 9.77. The van der Waals surface area contributed by atoms with Gasteiger partial charge in [-0.25, -0.2) is 14.2 Å². The fraction of sp³-hybridized carbons (Fsp3) is 0.179. The molecule has 1 atom stereocenters. The molecule has 0 radical (unpaired) electrons. The summed E-state index contributed by atoms with van der Waals surface area (Å²) < 4.78 is 24.9. The average molecular weight is 486 g/mol. The Hall–Kier alpha value is -3.69. The van der Waals surface area contributed by atoms with Crippen LogP contribution in [0.15, 0.2) is 109 Å². The van der Waals surface area contributed by atoms with Gasteiger partial charge in [-0.05, 0) is 23.6 Å². The van der Waals surface area contributed by atoms with E-state index in [2.05, 4.69) is 47.1 Å². The van der Waals surface area contributed by atoms with Crippen LogP contribution in [0.2, 0.25) is 0 Å². The minimum absolute atomic E-state index is 0.277. The molecule has 0 N–H and O–H groups in total. The van der Waals surface area contributed by atoms with Crippen LogP contribution >= 0.6 is 7.60 Å². The SMILES string of the molecule is CCOP(=O)(CC)OC=C=Cc1ncn(C(c2ccccc2)(c2ccccc2)c2ccccc2)n1. The molecule has 1 heterocycles. The van der Waals surface area contributed by atoms with Crippen molar-refractivity contribution in [1.29, 1.82) is 0 Å². The molecule has 178 valence electrons. The van der Waals surface area contributed by atoms with Gasteiger partial charge in [0.2, 0.25) is 0 Å². The second kappa shape index (κ2) is 11.2. The summed E-state index contributed by atoms with van der Waals surface area (Å²) in [5.74, 6) is 0.444. The molecule has 4 aromatic rings. The molecule has 0 aliphatic rings. The van der Waals surface area contributed by atoms with Gasteiger partial charge in [0, 0.05) is 6.08 Å². The maximum atomic E-state index is 12.4. The van der Waals surface area contributed by atoms with Crippen molar-refractivity contribution in [1.82, 2.24) is 14.8 Å².